The zero-order valence-electron chi connectivity index (χ0n) is 7.56. The molecule has 94 valence electrons. The van der Waals surface area contributed by atoms with Crippen molar-refractivity contribution >= 4 is 42.3 Å². The second kappa shape index (κ2) is 3.63. The Morgan fingerprint density at radius 3 is 2.47 bits per heavy atom. The van der Waals surface area contributed by atoms with Crippen LogP contribution in [0.1, 0.15) is 5.69 Å². The normalized spacial score (nSPS) is 13.5. The lowest BCUT2D eigenvalue weighted by molar-refractivity contribution is -0.143. The maximum atomic E-state index is 12.6. The largest absolute Gasteiger partial charge is 0.436 e. The minimum absolute atomic E-state index is 0.215. The molecule has 2 aromatic rings. The second-order valence-corrected chi connectivity index (χ2v) is 6.30. The van der Waals surface area contributed by atoms with E-state index in [1.807, 2.05) is 0 Å². The van der Waals surface area contributed by atoms with Gasteiger partial charge in [0.05, 0.1) is 0 Å². The van der Waals surface area contributed by atoms with Crippen LogP contribution in [0.5, 0.6) is 0 Å². The fraction of sp³-hybridized carbons (Fsp3) is 0.200. The van der Waals surface area contributed by atoms with Crippen molar-refractivity contribution in [1.82, 2.24) is 14.6 Å². The molecule has 0 saturated heterocycles. The molecule has 0 radical (unpaired) electrons. The fourth-order valence-electron chi connectivity index (χ4n) is 1.06. The van der Waals surface area contributed by atoms with Crippen molar-refractivity contribution in [3.05, 3.63) is 10.3 Å². The van der Waals surface area contributed by atoms with Gasteiger partial charge in [-0.05, 0) is 15.9 Å². The van der Waals surface area contributed by atoms with E-state index >= 15 is 0 Å². The van der Waals surface area contributed by atoms with Gasteiger partial charge in [-0.2, -0.15) is 17.7 Å². The van der Waals surface area contributed by atoms with Crippen molar-refractivity contribution in [3.63, 3.8) is 0 Å². The van der Waals surface area contributed by atoms with Gasteiger partial charge in [-0.3, -0.25) is 0 Å². The molecule has 0 amide bonds. The molecule has 0 atom stereocenters. The second-order valence-electron chi connectivity index (χ2n) is 2.86. The van der Waals surface area contributed by atoms with Crippen LogP contribution >= 0.6 is 27.3 Å². The van der Waals surface area contributed by atoms with E-state index in [1.165, 1.54) is 0 Å². The molecule has 0 aliphatic rings. The molecule has 0 aliphatic heterocycles. The summed E-state index contributed by atoms with van der Waals surface area (Å²) in [6.45, 7) is 0. The molecule has 0 bridgehead atoms. The molecule has 0 saturated carbocycles. The van der Waals surface area contributed by atoms with Gasteiger partial charge in [-0.15, -0.1) is 5.10 Å². The fourth-order valence-corrected chi connectivity index (χ4v) is 3.25. The van der Waals surface area contributed by atoms with E-state index in [1.54, 1.807) is 0 Å². The summed E-state index contributed by atoms with van der Waals surface area (Å²) in [5.41, 5.74) is -1.18. The van der Waals surface area contributed by atoms with Crippen LogP contribution in [-0.2, 0) is 16.2 Å². The average molecular weight is 351 g/mol. The molecular formula is C5H2BrF3N4O2S2. The monoisotopic (exact) mass is 350 g/mol. The van der Waals surface area contributed by atoms with E-state index in [2.05, 4.69) is 26.0 Å². The molecule has 2 aromatic heterocycles. The first kappa shape index (κ1) is 12.7. The molecule has 2 rings (SSSR count). The highest BCUT2D eigenvalue weighted by Gasteiger charge is 2.39. The van der Waals surface area contributed by atoms with Crippen LogP contribution in [0, 0.1) is 0 Å². The molecule has 6 nitrogen and oxygen atoms in total. The number of hydrogen-bond donors (Lipinski definition) is 1. The summed E-state index contributed by atoms with van der Waals surface area (Å²) in [4.78, 5) is 3.29. The van der Waals surface area contributed by atoms with Gasteiger partial charge in [0.15, 0.2) is 5.69 Å². The maximum absolute atomic E-state index is 12.6. The summed E-state index contributed by atoms with van der Waals surface area (Å²) in [6.07, 6.45) is -4.71. The summed E-state index contributed by atoms with van der Waals surface area (Å²) < 4.78 is 59.0. The molecule has 2 heterocycles. The van der Waals surface area contributed by atoms with Gasteiger partial charge in [0.1, 0.15) is 4.60 Å². The molecule has 0 spiro atoms. The number of alkyl halides is 3. The molecular weight excluding hydrogens is 349 g/mol. The number of fused-ring (bicyclic) bond motifs is 1. The van der Waals surface area contributed by atoms with Crippen molar-refractivity contribution in [2.75, 3.05) is 0 Å². The van der Waals surface area contributed by atoms with E-state index < -0.39 is 30.8 Å². The highest BCUT2D eigenvalue weighted by Crippen LogP contribution is 2.36. The SMILES string of the molecule is NS(=O)(=O)c1nn2c(C(F)(F)F)c(Br)nc2s1. The molecule has 17 heavy (non-hydrogen) atoms. The van der Waals surface area contributed by atoms with Crippen molar-refractivity contribution < 1.29 is 21.6 Å². The molecule has 0 unspecified atom stereocenters. The minimum Gasteiger partial charge on any atom is -0.223 e. The van der Waals surface area contributed by atoms with Crippen LogP contribution in [0.4, 0.5) is 13.2 Å². The Morgan fingerprint density at radius 1 is 1.41 bits per heavy atom. The van der Waals surface area contributed by atoms with Gasteiger partial charge in [-0.1, -0.05) is 11.3 Å². The van der Waals surface area contributed by atoms with Crippen LogP contribution in [-0.4, -0.2) is 23.0 Å². The van der Waals surface area contributed by atoms with Gasteiger partial charge in [-0.25, -0.2) is 18.5 Å². The third kappa shape index (κ3) is 2.17. The lowest BCUT2D eigenvalue weighted by Crippen LogP contribution is -2.14. The Hall–Kier alpha value is -0.720. The maximum Gasteiger partial charge on any atom is 0.436 e. The van der Waals surface area contributed by atoms with Crippen LogP contribution in [0.15, 0.2) is 8.94 Å². The number of imidazole rings is 1. The Morgan fingerprint density at radius 2 is 2.00 bits per heavy atom. The quantitative estimate of drug-likeness (QED) is 0.837. The van der Waals surface area contributed by atoms with E-state index in [0.717, 1.165) is 0 Å². The average Bonchev–Trinajstić information content (AvgIpc) is 2.54. The first-order valence-corrected chi connectivity index (χ1v) is 6.91. The van der Waals surface area contributed by atoms with Crippen LogP contribution in [0.25, 0.3) is 4.96 Å². The first-order valence-electron chi connectivity index (χ1n) is 3.76. The van der Waals surface area contributed by atoms with Gasteiger partial charge in [0.2, 0.25) is 9.30 Å². The van der Waals surface area contributed by atoms with Crippen molar-refractivity contribution in [1.29, 1.82) is 0 Å². The van der Waals surface area contributed by atoms with Gasteiger partial charge in [0.25, 0.3) is 10.0 Å². The van der Waals surface area contributed by atoms with Crippen LogP contribution < -0.4 is 5.14 Å². The molecule has 0 fully saturated rings. The van der Waals surface area contributed by atoms with Gasteiger partial charge in [0, 0.05) is 0 Å². The third-order valence-corrected chi connectivity index (χ3v) is 4.43. The summed E-state index contributed by atoms with van der Waals surface area (Å²) >= 11 is 3.09. The number of hydrogen-bond acceptors (Lipinski definition) is 5. The van der Waals surface area contributed by atoms with E-state index in [9.17, 15) is 21.6 Å². The number of halogens is 4. The van der Waals surface area contributed by atoms with Crippen molar-refractivity contribution in [3.8, 4) is 0 Å². The molecule has 0 aromatic carbocycles. The predicted octanol–water partition coefficient (Wildman–Crippen LogP) is 1.22. The lowest BCUT2D eigenvalue weighted by Gasteiger charge is -2.03. The van der Waals surface area contributed by atoms with E-state index in [4.69, 9.17) is 5.14 Å². The lowest BCUT2D eigenvalue weighted by atomic mass is 10.5. The number of aromatic nitrogens is 3. The smallest absolute Gasteiger partial charge is 0.223 e. The topological polar surface area (TPSA) is 90.4 Å². The Kier molecular flexibility index (Phi) is 2.72. The molecule has 0 aliphatic carbocycles. The van der Waals surface area contributed by atoms with E-state index in [-0.39, 0.29) is 4.96 Å². The summed E-state index contributed by atoms with van der Waals surface area (Å²) in [5, 5.41) is 8.04. The predicted molar refractivity (Wildman–Crippen MR) is 54.9 cm³/mol. The number of primary sulfonamides is 1. The minimum atomic E-state index is -4.71. The van der Waals surface area contributed by atoms with Crippen LogP contribution in [0.3, 0.4) is 0 Å². The summed E-state index contributed by atoms with van der Waals surface area (Å²) in [5.74, 6) is 0. The standard InChI is InChI=1S/C5H2BrF3N4O2S2/c6-2-1(5(7,8)9)13-3(11-2)16-4(12-13)17(10,14)15/h(H2,10,14,15). The first-order chi connectivity index (χ1) is 7.60. The third-order valence-electron chi connectivity index (χ3n) is 1.65. The zero-order valence-corrected chi connectivity index (χ0v) is 10.8. The van der Waals surface area contributed by atoms with E-state index in [0.29, 0.717) is 15.9 Å². The summed E-state index contributed by atoms with van der Waals surface area (Å²) in [7, 11) is -4.15. The Labute approximate surface area is 104 Å². The Balaban J connectivity index is 2.78. The van der Waals surface area contributed by atoms with Crippen molar-refractivity contribution in [2.45, 2.75) is 10.5 Å². The number of rotatable bonds is 1. The summed E-state index contributed by atoms with van der Waals surface area (Å²) in [6, 6.07) is 0. The highest BCUT2D eigenvalue weighted by molar-refractivity contribution is 9.10. The number of sulfonamides is 1. The zero-order chi connectivity index (χ0) is 13.0. The molecule has 12 heteroatoms. The Bertz CT molecular complexity index is 688. The number of nitrogens with zero attached hydrogens (tertiary/aromatic N) is 3. The van der Waals surface area contributed by atoms with Crippen molar-refractivity contribution in [2.24, 2.45) is 5.14 Å². The van der Waals surface area contributed by atoms with Gasteiger partial charge >= 0.3 is 6.18 Å². The highest BCUT2D eigenvalue weighted by atomic mass is 79.9. The molecule has 2 N–H and O–H groups in total. The van der Waals surface area contributed by atoms with Gasteiger partial charge < -0.3 is 0 Å². The number of nitrogens with two attached hydrogens (primary N) is 1. The van der Waals surface area contributed by atoms with Crippen LogP contribution in [0.2, 0.25) is 0 Å².